The van der Waals surface area contributed by atoms with Crippen LogP contribution in [0.15, 0.2) is 53.5 Å². The average molecular weight is 269 g/mol. The van der Waals surface area contributed by atoms with E-state index < -0.39 is 0 Å². The molecule has 0 aliphatic carbocycles. The maximum atomic E-state index is 9.65. The van der Waals surface area contributed by atoms with Crippen molar-refractivity contribution >= 4 is 6.21 Å². The molecule has 20 heavy (non-hydrogen) atoms. The van der Waals surface area contributed by atoms with Crippen LogP contribution in [-0.2, 0) is 0 Å². The lowest BCUT2D eigenvalue weighted by molar-refractivity contribution is 0.318. The van der Waals surface area contributed by atoms with Gasteiger partial charge in [-0.15, -0.1) is 0 Å². The van der Waals surface area contributed by atoms with Gasteiger partial charge in [-0.1, -0.05) is 30.3 Å². The number of phenolic OH excluding ortho intramolecular Hbond substituents is 1. The topological polar surface area (TPSA) is 41.8 Å². The van der Waals surface area contributed by atoms with Gasteiger partial charge in [-0.05, 0) is 43.2 Å². The highest BCUT2D eigenvalue weighted by atomic mass is 16.5. The van der Waals surface area contributed by atoms with Crippen molar-refractivity contribution in [2.75, 3.05) is 6.61 Å². The Hall–Kier alpha value is -2.29. The van der Waals surface area contributed by atoms with Crippen molar-refractivity contribution in [2.24, 2.45) is 4.99 Å². The Labute approximate surface area is 119 Å². The van der Waals surface area contributed by atoms with Crippen molar-refractivity contribution in [2.45, 2.75) is 19.9 Å². The quantitative estimate of drug-likeness (QED) is 0.834. The Morgan fingerprint density at radius 1 is 1.20 bits per heavy atom. The van der Waals surface area contributed by atoms with Crippen molar-refractivity contribution < 1.29 is 9.84 Å². The number of aromatic hydroxyl groups is 1. The third kappa shape index (κ3) is 3.60. The van der Waals surface area contributed by atoms with Gasteiger partial charge in [0.15, 0.2) is 11.5 Å². The molecular weight excluding hydrogens is 250 g/mol. The van der Waals surface area contributed by atoms with Crippen molar-refractivity contribution in [1.82, 2.24) is 0 Å². The average Bonchev–Trinajstić information content (AvgIpc) is 2.49. The van der Waals surface area contributed by atoms with Crippen LogP contribution in [0.5, 0.6) is 11.5 Å². The second-order valence-electron chi connectivity index (χ2n) is 4.53. The summed E-state index contributed by atoms with van der Waals surface area (Å²) in [5, 5.41) is 9.65. The highest BCUT2D eigenvalue weighted by Gasteiger charge is 2.03. The number of hydrogen-bond donors (Lipinski definition) is 1. The summed E-state index contributed by atoms with van der Waals surface area (Å²) in [6.45, 7) is 4.46. The zero-order chi connectivity index (χ0) is 14.4. The van der Waals surface area contributed by atoms with Crippen LogP contribution >= 0.6 is 0 Å². The highest BCUT2D eigenvalue weighted by Crippen LogP contribution is 2.26. The predicted octanol–water partition coefficient (Wildman–Crippen LogP) is 3.97. The zero-order valence-corrected chi connectivity index (χ0v) is 11.8. The van der Waals surface area contributed by atoms with Gasteiger partial charge in [-0.25, -0.2) is 0 Å². The van der Waals surface area contributed by atoms with Gasteiger partial charge in [0.1, 0.15) is 0 Å². The molecule has 1 N–H and O–H groups in total. The fourth-order valence-corrected chi connectivity index (χ4v) is 1.90. The fourth-order valence-electron chi connectivity index (χ4n) is 1.90. The molecule has 0 amide bonds. The van der Waals surface area contributed by atoms with Crippen LogP contribution in [0.1, 0.15) is 31.0 Å². The van der Waals surface area contributed by atoms with Crippen LogP contribution in [0, 0.1) is 0 Å². The Morgan fingerprint density at radius 2 is 1.95 bits per heavy atom. The third-order valence-corrected chi connectivity index (χ3v) is 3.01. The largest absolute Gasteiger partial charge is 0.504 e. The van der Waals surface area contributed by atoms with Gasteiger partial charge in [0.05, 0.1) is 12.6 Å². The molecule has 3 heteroatoms. The monoisotopic (exact) mass is 269 g/mol. The Morgan fingerprint density at radius 3 is 2.65 bits per heavy atom. The summed E-state index contributed by atoms with van der Waals surface area (Å²) in [6.07, 6.45) is 1.81. The van der Waals surface area contributed by atoms with Crippen molar-refractivity contribution in [3.63, 3.8) is 0 Å². The van der Waals surface area contributed by atoms with Gasteiger partial charge in [-0.3, -0.25) is 4.99 Å². The summed E-state index contributed by atoms with van der Waals surface area (Å²) in [5.74, 6) is 0.643. The van der Waals surface area contributed by atoms with Gasteiger partial charge >= 0.3 is 0 Å². The Kier molecular flexibility index (Phi) is 4.77. The fraction of sp³-hybridized carbons (Fsp3) is 0.235. The molecule has 0 bridgehead atoms. The molecule has 0 aliphatic heterocycles. The molecule has 0 unspecified atom stereocenters. The molecule has 104 valence electrons. The molecule has 0 heterocycles. The minimum Gasteiger partial charge on any atom is -0.504 e. The van der Waals surface area contributed by atoms with Gasteiger partial charge in [0.2, 0.25) is 0 Å². The summed E-state index contributed by atoms with van der Waals surface area (Å²) in [4.78, 5) is 4.53. The number of ether oxygens (including phenoxy) is 1. The smallest absolute Gasteiger partial charge is 0.161 e. The maximum absolute atomic E-state index is 9.65. The molecule has 0 aliphatic rings. The van der Waals surface area contributed by atoms with Crippen LogP contribution < -0.4 is 4.74 Å². The summed E-state index contributed by atoms with van der Waals surface area (Å²) in [5.41, 5.74) is 2.08. The van der Waals surface area contributed by atoms with Gasteiger partial charge in [0, 0.05) is 6.21 Å². The number of benzene rings is 2. The summed E-state index contributed by atoms with van der Waals surface area (Å²) in [6, 6.07) is 15.5. The van der Waals surface area contributed by atoms with Crippen molar-refractivity contribution in [1.29, 1.82) is 0 Å². The van der Waals surface area contributed by atoms with Crippen LogP contribution in [0.4, 0.5) is 0 Å². The number of nitrogens with zero attached hydrogens (tertiary/aromatic N) is 1. The molecule has 0 saturated carbocycles. The summed E-state index contributed by atoms with van der Waals surface area (Å²) < 4.78 is 5.36. The lowest BCUT2D eigenvalue weighted by Crippen LogP contribution is -1.94. The Bertz CT molecular complexity index is 579. The number of aliphatic imine (C=N–C) groups is 1. The van der Waals surface area contributed by atoms with Crippen LogP contribution in [0.3, 0.4) is 0 Å². The highest BCUT2D eigenvalue weighted by molar-refractivity contribution is 5.81. The SMILES string of the molecule is CCOc1cc(C=N[C@H](C)c2ccccc2)ccc1O. The summed E-state index contributed by atoms with van der Waals surface area (Å²) >= 11 is 0. The summed E-state index contributed by atoms with van der Waals surface area (Å²) in [7, 11) is 0. The second kappa shape index (κ2) is 6.75. The molecule has 0 aromatic heterocycles. The minimum atomic E-state index is 0.0977. The number of phenols is 1. The number of rotatable bonds is 5. The molecule has 3 nitrogen and oxygen atoms in total. The lowest BCUT2D eigenvalue weighted by atomic mass is 10.1. The molecule has 0 spiro atoms. The van der Waals surface area contributed by atoms with Crippen LogP contribution in [-0.4, -0.2) is 17.9 Å². The zero-order valence-electron chi connectivity index (χ0n) is 11.8. The van der Waals surface area contributed by atoms with E-state index in [2.05, 4.69) is 24.0 Å². The lowest BCUT2D eigenvalue weighted by Gasteiger charge is -2.08. The van der Waals surface area contributed by atoms with Crippen LogP contribution in [0.25, 0.3) is 0 Å². The van der Waals surface area contributed by atoms with Crippen LogP contribution in [0.2, 0.25) is 0 Å². The van der Waals surface area contributed by atoms with E-state index >= 15 is 0 Å². The number of hydrogen-bond acceptors (Lipinski definition) is 3. The molecule has 0 saturated heterocycles. The van der Waals surface area contributed by atoms with E-state index in [1.54, 1.807) is 18.3 Å². The van der Waals surface area contributed by atoms with Gasteiger partial charge < -0.3 is 9.84 Å². The Balaban J connectivity index is 2.13. The first-order valence-corrected chi connectivity index (χ1v) is 6.74. The predicted molar refractivity (Wildman–Crippen MR) is 81.7 cm³/mol. The molecule has 2 aromatic carbocycles. The second-order valence-corrected chi connectivity index (χ2v) is 4.53. The van der Waals surface area contributed by atoms with E-state index in [0.717, 1.165) is 5.56 Å². The van der Waals surface area contributed by atoms with E-state index in [0.29, 0.717) is 12.4 Å². The molecule has 0 fully saturated rings. The van der Waals surface area contributed by atoms with Crippen molar-refractivity contribution in [3.8, 4) is 11.5 Å². The van der Waals surface area contributed by atoms with E-state index in [1.165, 1.54) is 5.56 Å². The molecule has 2 aromatic rings. The standard InChI is InChI=1S/C17H19NO2/c1-3-20-17-11-14(9-10-16(17)19)12-18-13(2)15-7-5-4-6-8-15/h4-13,19H,3H2,1-2H3/t13-/m1/s1. The normalized spacial score (nSPS) is 12.5. The third-order valence-electron chi connectivity index (χ3n) is 3.01. The molecular formula is C17H19NO2. The van der Waals surface area contributed by atoms with Gasteiger partial charge in [-0.2, -0.15) is 0 Å². The van der Waals surface area contributed by atoms with E-state index in [-0.39, 0.29) is 11.8 Å². The van der Waals surface area contributed by atoms with Crippen molar-refractivity contribution in [3.05, 3.63) is 59.7 Å². The van der Waals surface area contributed by atoms with Gasteiger partial charge in [0.25, 0.3) is 0 Å². The molecule has 1 atom stereocenters. The maximum Gasteiger partial charge on any atom is 0.161 e. The molecule has 2 rings (SSSR count). The van der Waals surface area contributed by atoms with E-state index in [9.17, 15) is 5.11 Å². The first kappa shape index (κ1) is 14.1. The van der Waals surface area contributed by atoms with E-state index in [4.69, 9.17) is 4.74 Å². The first-order valence-electron chi connectivity index (χ1n) is 6.74. The molecule has 0 radical (unpaired) electrons. The van der Waals surface area contributed by atoms with E-state index in [1.807, 2.05) is 31.2 Å². The first-order chi connectivity index (χ1) is 9.70. The minimum absolute atomic E-state index is 0.0977.